The molecule has 0 spiro atoms. The molecular weight excluding hydrogens is 446 g/mol. The lowest BCUT2D eigenvalue weighted by molar-refractivity contribution is 0.0697. The maximum atomic E-state index is 11.6. The van der Waals surface area contributed by atoms with Crippen LogP contribution in [-0.4, -0.2) is 62.7 Å². The van der Waals surface area contributed by atoms with Crippen LogP contribution in [0.2, 0.25) is 0 Å². The zero-order valence-electron chi connectivity index (χ0n) is 20.2. The third-order valence-electron chi connectivity index (χ3n) is 6.47. The molecule has 178 valence electrons. The Balaban J connectivity index is 1.84. The second-order valence-electron chi connectivity index (χ2n) is 9.09. The number of hydrogen-bond donors (Lipinski definition) is 2. The van der Waals surface area contributed by atoms with Gasteiger partial charge in [0.1, 0.15) is 0 Å². The van der Waals surface area contributed by atoms with Gasteiger partial charge in [-0.25, -0.2) is 4.79 Å². The fourth-order valence-corrected chi connectivity index (χ4v) is 5.07. The van der Waals surface area contributed by atoms with Crippen molar-refractivity contribution in [2.45, 2.75) is 32.9 Å². The van der Waals surface area contributed by atoms with E-state index < -0.39 is 5.97 Å². The minimum absolute atomic E-state index is 0.0368. The molecule has 4 rings (SSSR count). The highest BCUT2D eigenvalue weighted by atomic mass is 32.1. The third kappa shape index (κ3) is 4.43. The van der Waals surface area contributed by atoms with E-state index in [0.29, 0.717) is 0 Å². The molecule has 2 N–H and O–H groups in total. The lowest BCUT2D eigenvalue weighted by Gasteiger charge is -2.29. The molecule has 2 atom stereocenters. The molecule has 0 bridgehead atoms. The molecule has 2 aromatic heterocycles. The number of thiocarbonyl (C=S) groups is 1. The van der Waals surface area contributed by atoms with E-state index in [1.807, 2.05) is 37.4 Å². The smallest absolute Gasteiger partial charge is 0.335 e. The Bertz CT molecular complexity index is 1220. The van der Waals surface area contributed by atoms with Gasteiger partial charge < -0.3 is 24.8 Å². The first kappa shape index (κ1) is 23.9. The molecule has 0 amide bonds. The van der Waals surface area contributed by atoms with Crippen LogP contribution in [0.15, 0.2) is 48.7 Å². The largest absolute Gasteiger partial charge is 0.478 e. The summed E-state index contributed by atoms with van der Waals surface area (Å²) in [5.41, 5.74) is 6.37. The van der Waals surface area contributed by atoms with Crippen molar-refractivity contribution < 1.29 is 9.90 Å². The van der Waals surface area contributed by atoms with Gasteiger partial charge in [0.15, 0.2) is 5.11 Å². The summed E-state index contributed by atoms with van der Waals surface area (Å²) in [5.74, 6) is -0.931. The van der Waals surface area contributed by atoms with Gasteiger partial charge in [0.25, 0.3) is 0 Å². The van der Waals surface area contributed by atoms with E-state index in [1.54, 1.807) is 12.1 Å². The molecule has 1 aliphatic rings. The van der Waals surface area contributed by atoms with Crippen LogP contribution in [0.3, 0.4) is 0 Å². The Morgan fingerprint density at radius 2 is 1.94 bits per heavy atom. The average molecular weight is 478 g/mol. The average Bonchev–Trinajstić information content (AvgIpc) is 3.28. The van der Waals surface area contributed by atoms with Crippen LogP contribution in [0.4, 0.5) is 0 Å². The van der Waals surface area contributed by atoms with Gasteiger partial charge in [0, 0.05) is 36.4 Å². The number of aromatic nitrogens is 2. The Labute approximate surface area is 206 Å². The van der Waals surface area contributed by atoms with E-state index in [4.69, 9.17) is 12.2 Å². The normalized spacial score (nSPS) is 17.9. The van der Waals surface area contributed by atoms with Gasteiger partial charge in [-0.05, 0) is 88.5 Å². The van der Waals surface area contributed by atoms with Crippen LogP contribution in [0.5, 0.6) is 0 Å². The maximum Gasteiger partial charge on any atom is 0.335 e. The van der Waals surface area contributed by atoms with E-state index >= 15 is 0 Å². The molecular formula is C26H31N5O2S. The molecule has 3 aromatic rings. The highest BCUT2D eigenvalue weighted by molar-refractivity contribution is 7.80. The number of pyridine rings is 1. The molecule has 1 aliphatic heterocycles. The van der Waals surface area contributed by atoms with Crippen molar-refractivity contribution in [2.75, 3.05) is 27.2 Å². The summed E-state index contributed by atoms with van der Waals surface area (Å²) in [6.07, 6.45) is 1.81. The highest BCUT2D eigenvalue weighted by Gasteiger charge is 2.41. The summed E-state index contributed by atoms with van der Waals surface area (Å²) >= 11 is 5.79. The molecule has 0 aliphatic carbocycles. The van der Waals surface area contributed by atoms with E-state index in [1.165, 1.54) is 0 Å². The number of likely N-dealkylation sites (N-methyl/N-ethyl adjacent to an activating group) is 1. The lowest BCUT2D eigenvalue weighted by Crippen LogP contribution is -2.35. The predicted molar refractivity (Wildman–Crippen MR) is 138 cm³/mol. The zero-order valence-corrected chi connectivity index (χ0v) is 21.1. The first-order valence-corrected chi connectivity index (χ1v) is 11.8. The fraction of sp³-hybridized carbons (Fsp3) is 0.346. The van der Waals surface area contributed by atoms with E-state index in [9.17, 15) is 9.90 Å². The van der Waals surface area contributed by atoms with Crippen molar-refractivity contribution in [3.05, 3.63) is 82.4 Å². The SMILES string of the molecule is Cc1ccc(C(=O)O)cc1-n1c(C)cc(C2C(c3ccccn3)NC(=S)N2CCN(C)C)c1C. The first-order chi connectivity index (χ1) is 16.2. The number of carboxylic acid groups (broad SMARTS) is 1. The monoisotopic (exact) mass is 477 g/mol. The number of rotatable bonds is 7. The number of carboxylic acids is 1. The summed E-state index contributed by atoms with van der Waals surface area (Å²) < 4.78 is 2.15. The lowest BCUT2D eigenvalue weighted by atomic mass is 9.96. The van der Waals surface area contributed by atoms with Crippen LogP contribution >= 0.6 is 12.2 Å². The molecule has 2 unspecified atom stereocenters. The summed E-state index contributed by atoms with van der Waals surface area (Å²) in [7, 11) is 4.11. The van der Waals surface area contributed by atoms with Crippen molar-refractivity contribution in [2.24, 2.45) is 0 Å². The summed E-state index contributed by atoms with van der Waals surface area (Å²) in [6.45, 7) is 7.81. The van der Waals surface area contributed by atoms with Crippen LogP contribution in [-0.2, 0) is 0 Å². The number of benzene rings is 1. The number of nitrogens with one attached hydrogen (secondary N) is 1. The van der Waals surface area contributed by atoms with E-state index in [0.717, 1.165) is 52.1 Å². The maximum absolute atomic E-state index is 11.6. The van der Waals surface area contributed by atoms with Gasteiger partial charge in [0.05, 0.1) is 23.3 Å². The number of aryl methyl sites for hydroxylation is 2. The van der Waals surface area contributed by atoms with Gasteiger partial charge in [0.2, 0.25) is 0 Å². The van der Waals surface area contributed by atoms with Crippen LogP contribution in [0.25, 0.3) is 5.69 Å². The fourth-order valence-electron chi connectivity index (χ4n) is 4.73. The van der Waals surface area contributed by atoms with Crippen molar-refractivity contribution in [3.8, 4) is 5.69 Å². The van der Waals surface area contributed by atoms with Gasteiger partial charge >= 0.3 is 5.97 Å². The Hall–Kier alpha value is -3.23. The molecule has 1 fully saturated rings. The van der Waals surface area contributed by atoms with Crippen LogP contribution < -0.4 is 5.32 Å². The minimum Gasteiger partial charge on any atom is -0.478 e. The van der Waals surface area contributed by atoms with Crippen molar-refractivity contribution in [3.63, 3.8) is 0 Å². The van der Waals surface area contributed by atoms with E-state index in [2.05, 4.69) is 58.7 Å². The van der Waals surface area contributed by atoms with Gasteiger partial charge in [-0.15, -0.1) is 0 Å². The number of aromatic carboxylic acids is 1. The Morgan fingerprint density at radius 1 is 1.18 bits per heavy atom. The summed E-state index contributed by atoms with van der Waals surface area (Å²) in [5, 5.41) is 13.8. The Morgan fingerprint density at radius 3 is 2.59 bits per heavy atom. The quantitative estimate of drug-likeness (QED) is 0.498. The van der Waals surface area contributed by atoms with Crippen molar-refractivity contribution >= 4 is 23.3 Å². The second kappa shape index (κ2) is 9.56. The molecule has 0 radical (unpaired) electrons. The number of nitrogens with zero attached hydrogens (tertiary/aromatic N) is 4. The highest BCUT2D eigenvalue weighted by Crippen LogP contribution is 2.41. The molecule has 7 nitrogen and oxygen atoms in total. The summed E-state index contributed by atoms with van der Waals surface area (Å²) in [6, 6.07) is 13.3. The van der Waals surface area contributed by atoms with E-state index in [-0.39, 0.29) is 17.6 Å². The predicted octanol–water partition coefficient (Wildman–Crippen LogP) is 4.03. The topological polar surface area (TPSA) is 73.6 Å². The first-order valence-electron chi connectivity index (χ1n) is 11.3. The zero-order chi connectivity index (χ0) is 24.6. The van der Waals surface area contributed by atoms with Gasteiger partial charge in [-0.2, -0.15) is 0 Å². The number of carbonyl (C=O) groups is 1. The second-order valence-corrected chi connectivity index (χ2v) is 9.48. The Kier molecular flexibility index (Phi) is 6.72. The molecule has 8 heteroatoms. The molecule has 3 heterocycles. The van der Waals surface area contributed by atoms with Crippen molar-refractivity contribution in [1.82, 2.24) is 24.7 Å². The van der Waals surface area contributed by atoms with Crippen LogP contribution in [0.1, 0.15) is 50.7 Å². The minimum atomic E-state index is -0.931. The molecule has 0 saturated carbocycles. The standard InChI is InChI=1S/C26H31N5O2S/c1-16-9-10-19(25(32)33)15-22(16)31-17(2)14-20(18(31)3)24-23(21-8-6-7-11-27-21)28-26(34)30(24)13-12-29(4)5/h6-11,14-15,23-24H,12-13H2,1-5H3,(H,28,34)(H,32,33). The van der Waals surface area contributed by atoms with Gasteiger partial charge in [-0.1, -0.05) is 12.1 Å². The molecule has 1 saturated heterocycles. The van der Waals surface area contributed by atoms with Gasteiger partial charge in [-0.3, -0.25) is 4.98 Å². The van der Waals surface area contributed by atoms with Crippen molar-refractivity contribution in [1.29, 1.82) is 0 Å². The number of hydrogen-bond acceptors (Lipinski definition) is 4. The van der Waals surface area contributed by atoms with Crippen LogP contribution in [0, 0.1) is 20.8 Å². The third-order valence-corrected chi connectivity index (χ3v) is 6.82. The summed E-state index contributed by atoms with van der Waals surface area (Å²) in [4.78, 5) is 20.7. The molecule has 1 aromatic carbocycles. The molecule has 34 heavy (non-hydrogen) atoms.